The summed E-state index contributed by atoms with van der Waals surface area (Å²) in [7, 11) is 0. The van der Waals surface area contributed by atoms with Gasteiger partial charge in [0.25, 0.3) is 5.69 Å². The topological polar surface area (TPSA) is 82.2 Å². The average molecular weight is 426 g/mol. The Hall–Kier alpha value is -4.13. The van der Waals surface area contributed by atoms with Gasteiger partial charge in [0.15, 0.2) is 0 Å². The number of nitrogens with zero attached hydrogens (tertiary/aromatic N) is 3. The molecule has 160 valence electrons. The molecule has 0 saturated carbocycles. The molecule has 1 atom stereocenters. The minimum Gasteiger partial charge on any atom is -0.489 e. The number of aryl methyl sites for hydroxylation is 2. The van der Waals surface area contributed by atoms with Crippen LogP contribution in [0.4, 0.5) is 11.4 Å². The van der Waals surface area contributed by atoms with Gasteiger partial charge < -0.3 is 10.1 Å². The third kappa shape index (κ3) is 3.69. The number of nitro groups is 1. The predicted octanol–water partition coefficient (Wildman–Crippen LogP) is 5.63. The standard InChI is InChI=1S/C25H22N4O3/c1-16-3-12-23-22(13-16)24-14-17(2)27-28(24)25(26-23)19-6-10-21(11-7-19)32-15-18-4-8-20(9-5-18)29(30)31/h3-14,25-26H,15H2,1-2H3. The van der Waals surface area contributed by atoms with E-state index in [2.05, 4.69) is 36.5 Å². The lowest BCUT2D eigenvalue weighted by molar-refractivity contribution is -0.384. The van der Waals surface area contributed by atoms with Crippen LogP contribution in [0.5, 0.6) is 5.75 Å². The van der Waals surface area contributed by atoms with Gasteiger partial charge in [-0.05, 0) is 67.4 Å². The highest BCUT2D eigenvalue weighted by atomic mass is 16.6. The summed E-state index contributed by atoms with van der Waals surface area (Å²) in [6, 6.07) is 22.8. The SMILES string of the molecule is Cc1ccc2c(c1)-c1cc(C)nn1C(c1ccc(OCc3ccc([N+](=O)[O-])cc3)cc1)N2. The Bertz CT molecular complexity index is 1290. The van der Waals surface area contributed by atoms with E-state index in [1.165, 1.54) is 17.7 Å². The van der Waals surface area contributed by atoms with Crippen molar-refractivity contribution in [1.29, 1.82) is 0 Å². The second-order valence-corrected chi connectivity index (χ2v) is 7.99. The van der Waals surface area contributed by atoms with Gasteiger partial charge in [-0.2, -0.15) is 5.10 Å². The number of nitrogens with one attached hydrogen (secondary N) is 1. The van der Waals surface area contributed by atoms with E-state index in [9.17, 15) is 10.1 Å². The number of benzene rings is 3. The number of hydrogen-bond donors (Lipinski definition) is 1. The van der Waals surface area contributed by atoms with Gasteiger partial charge in [-0.15, -0.1) is 0 Å². The number of fused-ring (bicyclic) bond motifs is 3. The van der Waals surface area contributed by atoms with Crippen LogP contribution in [0.3, 0.4) is 0 Å². The molecule has 0 aliphatic carbocycles. The van der Waals surface area contributed by atoms with Crippen LogP contribution < -0.4 is 10.1 Å². The van der Waals surface area contributed by atoms with E-state index in [0.717, 1.165) is 39.5 Å². The molecule has 1 N–H and O–H groups in total. The maximum atomic E-state index is 10.8. The Labute approximate surface area is 185 Å². The van der Waals surface area contributed by atoms with Gasteiger partial charge in [-0.25, -0.2) is 4.68 Å². The molecule has 7 nitrogen and oxygen atoms in total. The zero-order valence-electron chi connectivity index (χ0n) is 17.8. The van der Waals surface area contributed by atoms with Gasteiger partial charge in [0.1, 0.15) is 18.5 Å². The lowest BCUT2D eigenvalue weighted by Gasteiger charge is -2.29. The van der Waals surface area contributed by atoms with Gasteiger partial charge in [-0.1, -0.05) is 23.8 Å². The predicted molar refractivity (Wildman–Crippen MR) is 123 cm³/mol. The zero-order valence-corrected chi connectivity index (χ0v) is 17.8. The normalized spacial score (nSPS) is 14.2. The molecule has 1 unspecified atom stereocenters. The summed E-state index contributed by atoms with van der Waals surface area (Å²) in [5.41, 5.74) is 7.55. The van der Waals surface area contributed by atoms with Crippen LogP contribution in [-0.2, 0) is 6.61 Å². The molecule has 0 spiro atoms. The molecule has 0 fully saturated rings. The van der Waals surface area contributed by atoms with Crippen molar-refractivity contribution in [1.82, 2.24) is 9.78 Å². The Balaban J connectivity index is 1.35. The number of non-ortho nitro benzene ring substituents is 1. The van der Waals surface area contributed by atoms with E-state index in [1.54, 1.807) is 12.1 Å². The second kappa shape index (κ2) is 7.85. The molecule has 0 amide bonds. The first-order chi connectivity index (χ1) is 15.5. The molecule has 1 aliphatic heterocycles. The minimum absolute atomic E-state index is 0.0723. The molecule has 0 saturated heterocycles. The summed E-state index contributed by atoms with van der Waals surface area (Å²) in [5, 5.41) is 19.1. The van der Waals surface area contributed by atoms with Crippen LogP contribution in [0.2, 0.25) is 0 Å². The van der Waals surface area contributed by atoms with E-state index in [-0.39, 0.29) is 11.9 Å². The van der Waals surface area contributed by atoms with Gasteiger partial charge in [0, 0.05) is 23.4 Å². The molecule has 5 rings (SSSR count). The van der Waals surface area contributed by atoms with Crippen molar-refractivity contribution in [3.63, 3.8) is 0 Å². The van der Waals surface area contributed by atoms with Crippen LogP contribution in [0.1, 0.15) is 28.6 Å². The summed E-state index contributed by atoms with van der Waals surface area (Å²) in [6.07, 6.45) is -0.113. The van der Waals surface area contributed by atoms with Crippen molar-refractivity contribution in [2.45, 2.75) is 26.6 Å². The Kier molecular flexibility index (Phi) is 4.86. The summed E-state index contributed by atoms with van der Waals surface area (Å²) in [5.74, 6) is 0.732. The average Bonchev–Trinajstić information content (AvgIpc) is 3.19. The van der Waals surface area contributed by atoms with E-state index in [4.69, 9.17) is 9.84 Å². The van der Waals surface area contributed by atoms with Crippen LogP contribution in [-0.4, -0.2) is 14.7 Å². The molecule has 0 radical (unpaired) electrons. The van der Waals surface area contributed by atoms with Crippen molar-refractivity contribution < 1.29 is 9.66 Å². The molecule has 0 bridgehead atoms. The highest BCUT2D eigenvalue weighted by Crippen LogP contribution is 2.39. The smallest absolute Gasteiger partial charge is 0.269 e. The fourth-order valence-corrected chi connectivity index (χ4v) is 3.97. The maximum absolute atomic E-state index is 10.8. The Morgan fingerprint density at radius 1 is 1.03 bits per heavy atom. The highest BCUT2D eigenvalue weighted by molar-refractivity contribution is 5.79. The Morgan fingerprint density at radius 3 is 2.50 bits per heavy atom. The largest absolute Gasteiger partial charge is 0.489 e. The number of hydrogen-bond acceptors (Lipinski definition) is 5. The van der Waals surface area contributed by atoms with Gasteiger partial charge >= 0.3 is 0 Å². The lowest BCUT2D eigenvalue weighted by Crippen LogP contribution is -2.25. The van der Waals surface area contributed by atoms with E-state index >= 15 is 0 Å². The van der Waals surface area contributed by atoms with Gasteiger partial charge in [0.2, 0.25) is 0 Å². The summed E-state index contributed by atoms with van der Waals surface area (Å²) in [6.45, 7) is 4.44. The van der Waals surface area contributed by atoms with Crippen LogP contribution in [0.15, 0.2) is 72.8 Å². The van der Waals surface area contributed by atoms with E-state index in [0.29, 0.717) is 6.61 Å². The summed E-state index contributed by atoms with van der Waals surface area (Å²) >= 11 is 0. The third-order valence-corrected chi connectivity index (χ3v) is 5.59. The molecule has 32 heavy (non-hydrogen) atoms. The van der Waals surface area contributed by atoms with Crippen molar-refractivity contribution in [3.05, 3.63) is 105 Å². The molecule has 3 aromatic carbocycles. The van der Waals surface area contributed by atoms with Crippen molar-refractivity contribution >= 4 is 11.4 Å². The third-order valence-electron chi connectivity index (χ3n) is 5.59. The fraction of sp³-hybridized carbons (Fsp3) is 0.160. The first kappa shape index (κ1) is 19.8. The minimum atomic E-state index is -0.408. The number of ether oxygens (including phenoxy) is 1. The molecular weight excluding hydrogens is 404 g/mol. The number of anilines is 1. The molecule has 4 aromatic rings. The van der Waals surface area contributed by atoms with Crippen molar-refractivity contribution in [2.24, 2.45) is 0 Å². The highest BCUT2D eigenvalue weighted by Gasteiger charge is 2.26. The van der Waals surface area contributed by atoms with Crippen molar-refractivity contribution in [2.75, 3.05) is 5.32 Å². The molecule has 7 heteroatoms. The monoisotopic (exact) mass is 426 g/mol. The summed E-state index contributed by atoms with van der Waals surface area (Å²) in [4.78, 5) is 10.4. The van der Waals surface area contributed by atoms with Gasteiger partial charge in [-0.3, -0.25) is 10.1 Å². The number of aromatic nitrogens is 2. The van der Waals surface area contributed by atoms with Gasteiger partial charge in [0.05, 0.1) is 16.3 Å². The Morgan fingerprint density at radius 2 is 1.78 bits per heavy atom. The first-order valence-corrected chi connectivity index (χ1v) is 10.4. The quantitative estimate of drug-likeness (QED) is 0.330. The molecule has 2 heterocycles. The van der Waals surface area contributed by atoms with Crippen molar-refractivity contribution in [3.8, 4) is 17.0 Å². The van der Waals surface area contributed by atoms with E-state index in [1.807, 2.05) is 35.9 Å². The van der Waals surface area contributed by atoms with Crippen LogP contribution >= 0.6 is 0 Å². The number of nitro benzene ring substituents is 1. The molecule has 1 aromatic heterocycles. The fourth-order valence-electron chi connectivity index (χ4n) is 3.97. The van der Waals surface area contributed by atoms with Crippen LogP contribution in [0, 0.1) is 24.0 Å². The van der Waals surface area contributed by atoms with Crippen LogP contribution in [0.25, 0.3) is 11.3 Å². The molecule has 1 aliphatic rings. The molecular formula is C25H22N4O3. The lowest BCUT2D eigenvalue weighted by atomic mass is 10.0. The summed E-state index contributed by atoms with van der Waals surface area (Å²) < 4.78 is 7.90. The maximum Gasteiger partial charge on any atom is 0.269 e. The number of rotatable bonds is 5. The first-order valence-electron chi connectivity index (χ1n) is 10.4. The zero-order chi connectivity index (χ0) is 22.2. The van der Waals surface area contributed by atoms with E-state index < -0.39 is 4.92 Å². The second-order valence-electron chi connectivity index (χ2n) is 7.99.